The zero-order chi connectivity index (χ0) is 13.2. The van der Waals surface area contributed by atoms with Crippen molar-refractivity contribution in [3.05, 3.63) is 35.1 Å². The average Bonchev–Trinajstić information content (AvgIpc) is 2.20. The maximum absolute atomic E-state index is 13.9. The zero-order valence-electron chi connectivity index (χ0n) is 11.0. The molecule has 1 rings (SSSR count). The molecule has 0 heterocycles. The summed E-state index contributed by atoms with van der Waals surface area (Å²) in [6.45, 7) is 9.20. The molecular weight excluding hydrogens is 237 g/mol. The van der Waals surface area contributed by atoms with Gasteiger partial charge in [0.25, 0.3) is 0 Å². The lowest BCUT2D eigenvalue weighted by atomic mass is 10.1. The van der Waals surface area contributed by atoms with Crippen LogP contribution in [0.5, 0.6) is 0 Å². The molecule has 17 heavy (non-hydrogen) atoms. The number of hydrogen-bond donors (Lipinski definition) is 1. The number of nitrogens with one attached hydrogen (secondary N) is 1. The summed E-state index contributed by atoms with van der Waals surface area (Å²) in [5.41, 5.74) is 1.17. The Hall–Kier alpha value is -0.740. The molecule has 0 radical (unpaired) electrons. The number of halogens is 1. The predicted molar refractivity (Wildman–Crippen MR) is 70.6 cm³/mol. The largest absolute Gasteiger partial charge is 0.242 e. The normalized spacial score (nSPS) is 15.6. The quantitative estimate of drug-likeness (QED) is 0.885. The minimum atomic E-state index is -1.20. The summed E-state index contributed by atoms with van der Waals surface area (Å²) >= 11 is 0. The fourth-order valence-corrected chi connectivity index (χ4v) is 2.21. The van der Waals surface area contributed by atoms with Crippen LogP contribution in [0.15, 0.2) is 18.2 Å². The molecule has 0 saturated heterocycles. The van der Waals surface area contributed by atoms with Crippen LogP contribution >= 0.6 is 0 Å². The van der Waals surface area contributed by atoms with E-state index in [1.165, 1.54) is 0 Å². The van der Waals surface area contributed by atoms with E-state index in [0.29, 0.717) is 11.1 Å². The van der Waals surface area contributed by atoms with Gasteiger partial charge in [0, 0.05) is 11.6 Å². The first-order valence-electron chi connectivity index (χ1n) is 5.66. The van der Waals surface area contributed by atoms with E-state index >= 15 is 0 Å². The molecule has 0 bridgehead atoms. The second-order valence-corrected chi connectivity index (χ2v) is 7.20. The lowest BCUT2D eigenvalue weighted by molar-refractivity contribution is 0.566. The molecule has 1 aromatic carbocycles. The second kappa shape index (κ2) is 5.27. The summed E-state index contributed by atoms with van der Waals surface area (Å²) in [5, 5.41) is 0. The third-order valence-electron chi connectivity index (χ3n) is 2.53. The minimum absolute atomic E-state index is 0.224. The summed E-state index contributed by atoms with van der Waals surface area (Å²) < 4.78 is 28.4. The molecular formula is C13H20FNOS. The van der Waals surface area contributed by atoms with Crippen molar-refractivity contribution >= 4 is 11.0 Å². The highest BCUT2D eigenvalue weighted by Crippen LogP contribution is 2.21. The maximum Gasteiger partial charge on any atom is 0.130 e. The van der Waals surface area contributed by atoms with Gasteiger partial charge in [0.1, 0.15) is 5.82 Å². The van der Waals surface area contributed by atoms with E-state index in [1.807, 2.05) is 33.8 Å². The predicted octanol–water partition coefficient (Wildman–Crippen LogP) is 3.25. The van der Waals surface area contributed by atoms with Crippen molar-refractivity contribution < 1.29 is 8.60 Å². The highest BCUT2D eigenvalue weighted by molar-refractivity contribution is 7.84. The van der Waals surface area contributed by atoms with Gasteiger partial charge in [-0.15, -0.1) is 0 Å². The molecule has 1 aromatic rings. The Morgan fingerprint density at radius 2 is 1.94 bits per heavy atom. The fourth-order valence-electron chi connectivity index (χ4n) is 1.41. The van der Waals surface area contributed by atoms with Gasteiger partial charge in [-0.1, -0.05) is 18.2 Å². The van der Waals surface area contributed by atoms with E-state index in [0.717, 1.165) is 0 Å². The molecule has 0 saturated carbocycles. The monoisotopic (exact) mass is 257 g/mol. The van der Waals surface area contributed by atoms with Gasteiger partial charge in [-0.05, 0) is 40.2 Å². The van der Waals surface area contributed by atoms with Gasteiger partial charge in [0.2, 0.25) is 0 Å². The van der Waals surface area contributed by atoms with Gasteiger partial charge in [0.15, 0.2) is 0 Å². The fraction of sp³-hybridized carbons (Fsp3) is 0.538. The number of rotatable bonds is 3. The molecule has 4 heteroatoms. The molecule has 0 aliphatic carbocycles. The lowest BCUT2D eigenvalue weighted by Gasteiger charge is -2.22. The molecule has 2 nitrogen and oxygen atoms in total. The molecule has 2 atom stereocenters. The first kappa shape index (κ1) is 14.3. The minimum Gasteiger partial charge on any atom is -0.242 e. The maximum atomic E-state index is 13.9. The van der Waals surface area contributed by atoms with E-state index in [2.05, 4.69) is 4.72 Å². The molecule has 0 aromatic heterocycles. The molecule has 0 amide bonds. The summed E-state index contributed by atoms with van der Waals surface area (Å²) in [7, 11) is -1.20. The number of hydrogen-bond acceptors (Lipinski definition) is 1. The van der Waals surface area contributed by atoms with Crippen LogP contribution in [0.1, 0.15) is 44.9 Å². The Balaban J connectivity index is 2.88. The molecule has 0 aliphatic rings. The first-order valence-corrected chi connectivity index (χ1v) is 6.81. The van der Waals surface area contributed by atoms with Gasteiger partial charge in [-0.2, -0.15) is 0 Å². The summed E-state index contributed by atoms with van der Waals surface area (Å²) in [4.78, 5) is 0. The highest BCUT2D eigenvalue weighted by atomic mass is 32.2. The Morgan fingerprint density at radius 1 is 1.35 bits per heavy atom. The first-order chi connectivity index (χ1) is 7.73. The second-order valence-electron chi connectivity index (χ2n) is 5.20. The van der Waals surface area contributed by atoms with Crippen LogP contribution in [-0.2, 0) is 11.0 Å². The summed E-state index contributed by atoms with van der Waals surface area (Å²) in [6, 6.07) is 4.99. The van der Waals surface area contributed by atoms with Crippen LogP contribution in [0, 0.1) is 12.7 Å². The van der Waals surface area contributed by atoms with Crippen molar-refractivity contribution in [2.75, 3.05) is 0 Å². The van der Waals surface area contributed by atoms with Gasteiger partial charge in [-0.25, -0.2) is 13.3 Å². The van der Waals surface area contributed by atoms with Crippen molar-refractivity contribution in [2.45, 2.75) is 45.4 Å². The summed E-state index contributed by atoms with van der Waals surface area (Å²) in [6.07, 6.45) is 0. The van der Waals surface area contributed by atoms with Crippen LogP contribution < -0.4 is 4.72 Å². The molecule has 1 N–H and O–H groups in total. The topological polar surface area (TPSA) is 29.1 Å². The van der Waals surface area contributed by atoms with Crippen molar-refractivity contribution in [1.29, 1.82) is 0 Å². The SMILES string of the molecule is Cc1cccc([C@@H](C)N[S@@](=O)C(C)(C)C)c1F. The third kappa shape index (κ3) is 3.61. The molecule has 0 unspecified atom stereocenters. The van der Waals surface area contributed by atoms with Gasteiger partial charge in [0.05, 0.1) is 15.7 Å². The Labute approximate surface area is 105 Å². The number of aryl methyl sites for hydroxylation is 1. The number of benzene rings is 1. The van der Waals surface area contributed by atoms with E-state index in [4.69, 9.17) is 0 Å². The lowest BCUT2D eigenvalue weighted by Crippen LogP contribution is -2.35. The third-order valence-corrected chi connectivity index (χ3v) is 4.21. The van der Waals surface area contributed by atoms with Gasteiger partial charge in [-0.3, -0.25) is 0 Å². The standard InChI is InChI=1S/C13H20FNOS/c1-9-7-6-8-11(12(9)14)10(2)15-17(16)13(3,4)5/h6-8,10,15H,1-5H3/t10-,17+/m1/s1. The molecule has 0 spiro atoms. The molecule has 96 valence electrons. The highest BCUT2D eigenvalue weighted by Gasteiger charge is 2.22. The van der Waals surface area contributed by atoms with Gasteiger partial charge >= 0.3 is 0 Å². The van der Waals surface area contributed by atoms with Crippen LogP contribution in [0.2, 0.25) is 0 Å². The Morgan fingerprint density at radius 3 is 2.47 bits per heavy atom. The van der Waals surface area contributed by atoms with E-state index in [9.17, 15) is 8.60 Å². The Kier molecular flexibility index (Phi) is 4.44. The van der Waals surface area contributed by atoms with Crippen molar-refractivity contribution in [3.63, 3.8) is 0 Å². The van der Waals surface area contributed by atoms with Crippen LogP contribution in [0.3, 0.4) is 0 Å². The van der Waals surface area contributed by atoms with Crippen molar-refractivity contribution in [3.8, 4) is 0 Å². The van der Waals surface area contributed by atoms with Crippen molar-refractivity contribution in [2.24, 2.45) is 0 Å². The van der Waals surface area contributed by atoms with Crippen LogP contribution in [0.4, 0.5) is 4.39 Å². The van der Waals surface area contributed by atoms with Crippen LogP contribution in [-0.4, -0.2) is 8.96 Å². The molecule has 0 fully saturated rings. The van der Waals surface area contributed by atoms with E-state index in [-0.39, 0.29) is 16.6 Å². The van der Waals surface area contributed by atoms with E-state index < -0.39 is 11.0 Å². The smallest absolute Gasteiger partial charge is 0.130 e. The van der Waals surface area contributed by atoms with Crippen molar-refractivity contribution in [1.82, 2.24) is 4.72 Å². The zero-order valence-corrected chi connectivity index (χ0v) is 11.8. The average molecular weight is 257 g/mol. The van der Waals surface area contributed by atoms with Gasteiger partial charge < -0.3 is 0 Å². The Bertz CT molecular complexity index is 426. The van der Waals surface area contributed by atoms with E-state index in [1.54, 1.807) is 19.1 Å². The summed E-state index contributed by atoms with van der Waals surface area (Å²) in [5.74, 6) is -0.224. The molecule has 0 aliphatic heterocycles. The van der Waals surface area contributed by atoms with Crippen LogP contribution in [0.25, 0.3) is 0 Å².